The van der Waals surface area contributed by atoms with Gasteiger partial charge in [0.25, 0.3) is 0 Å². The second-order valence-corrected chi connectivity index (χ2v) is 31.1. The second-order valence-electron chi connectivity index (χ2n) is 15.1. The first-order chi connectivity index (χ1) is 14.4. The molecule has 0 N–H and O–H groups in total. The average Bonchev–Trinajstić information content (AvgIpc) is 2.54. The third kappa shape index (κ3) is 8.99. The molecule has 0 amide bonds. The van der Waals surface area contributed by atoms with Gasteiger partial charge in [0.05, 0.1) is 0 Å². The molecule has 0 spiro atoms. The van der Waals surface area contributed by atoms with Crippen LogP contribution in [0.5, 0.6) is 0 Å². The first-order valence-electron chi connectivity index (χ1n) is 12.5. The van der Waals surface area contributed by atoms with E-state index in [9.17, 15) is 0 Å². The number of benzene rings is 1. The zero-order valence-electron chi connectivity index (χ0n) is 24.3. The van der Waals surface area contributed by atoms with Crippen LogP contribution in [-0.2, 0) is 5.41 Å². The first-order valence-corrected chi connectivity index (χ1v) is 19.1. The van der Waals surface area contributed by atoms with Gasteiger partial charge in [-0.05, 0) is 0 Å². The Morgan fingerprint density at radius 1 is 0.758 bits per heavy atom. The van der Waals surface area contributed by atoms with Gasteiger partial charge >= 0.3 is 219 Å². The van der Waals surface area contributed by atoms with Gasteiger partial charge in [0.1, 0.15) is 0 Å². The van der Waals surface area contributed by atoms with Crippen molar-refractivity contribution in [3.8, 4) is 11.5 Å². The summed E-state index contributed by atoms with van der Waals surface area (Å²) in [6.45, 7) is 34.9. The summed E-state index contributed by atoms with van der Waals surface area (Å²) in [5, 5.41) is 1.24. The molecule has 3 heteroatoms. The Hall–Kier alpha value is -0.337. The van der Waals surface area contributed by atoms with Crippen LogP contribution in [0.1, 0.15) is 109 Å². The topological polar surface area (TPSA) is 0 Å². The predicted molar refractivity (Wildman–Crippen MR) is 156 cm³/mol. The summed E-state index contributed by atoms with van der Waals surface area (Å²) in [5.74, 6) is 3.60. The Bertz CT molecular complexity index is 881. The van der Waals surface area contributed by atoms with E-state index in [1.807, 2.05) is 0 Å². The quantitative estimate of drug-likeness (QED) is 0.203. The summed E-state index contributed by atoms with van der Waals surface area (Å²) < 4.78 is 2.03. The Morgan fingerprint density at radius 3 is 1.48 bits per heavy atom. The summed E-state index contributed by atoms with van der Waals surface area (Å²) in [6, 6.07) is 9.14. The zero-order chi connectivity index (χ0) is 26.3. The van der Waals surface area contributed by atoms with Crippen LogP contribution >= 0.6 is 11.1 Å². The maximum absolute atomic E-state index is 7.96. The summed E-state index contributed by atoms with van der Waals surface area (Å²) in [4.78, 5) is 0. The van der Waals surface area contributed by atoms with Gasteiger partial charge in [0.2, 0.25) is 0 Å². The standard InChI is InChI=1S/C22H32ClSi.2C4H9.Ga/c1-20(2,3)14-16-24(23,17-15-21(4,5)6)19-12-10-18(11-13-19)22(7,8)9;2*1-4(2)3;/h10-14H,1-9H3;2*1-3H3;. The number of hydrogen-bond acceptors (Lipinski definition) is 0. The molecule has 1 atom stereocenters. The van der Waals surface area contributed by atoms with E-state index in [2.05, 4.69) is 146 Å². The molecule has 0 fully saturated rings. The third-order valence-electron chi connectivity index (χ3n) is 5.79. The van der Waals surface area contributed by atoms with Gasteiger partial charge in [-0.2, -0.15) is 0 Å². The number of halogens is 1. The molecule has 0 bridgehead atoms. The summed E-state index contributed by atoms with van der Waals surface area (Å²) in [6.07, 6.45) is 2.54. The molecule has 0 nitrogen and oxygen atoms in total. The molecule has 0 aromatic heterocycles. The van der Waals surface area contributed by atoms with E-state index in [0.717, 1.165) is 0 Å². The molecule has 0 aliphatic heterocycles. The Kier molecular flexibility index (Phi) is 9.27. The van der Waals surface area contributed by atoms with Crippen molar-refractivity contribution in [1.82, 2.24) is 0 Å². The minimum absolute atomic E-state index is 0.0528. The SMILES string of the molecule is CC(C)(C)C#C[Si](Cl)(/[C](=C\C(C)(C)C)[Ga]([C](C)(C)C)[C](C)(C)C)c1ccc(C(C)(C)C)cc1. The van der Waals surface area contributed by atoms with Gasteiger partial charge < -0.3 is 0 Å². The molecule has 1 aromatic carbocycles. The fraction of sp³-hybridized carbons (Fsp3) is 0.667. The van der Waals surface area contributed by atoms with Crippen LogP contribution in [0.2, 0.25) is 7.94 Å². The van der Waals surface area contributed by atoms with Crippen LogP contribution in [0.25, 0.3) is 0 Å². The maximum atomic E-state index is 7.96. The molecule has 0 saturated carbocycles. The van der Waals surface area contributed by atoms with Crippen molar-refractivity contribution >= 4 is 39.9 Å². The molecule has 0 aliphatic carbocycles. The van der Waals surface area contributed by atoms with E-state index in [1.54, 1.807) is 3.75 Å². The Labute approximate surface area is 218 Å². The molecule has 1 unspecified atom stereocenters. The number of rotatable bonds is 3. The zero-order valence-corrected chi connectivity index (χ0v) is 28.5. The van der Waals surface area contributed by atoms with E-state index in [-0.39, 0.29) is 24.2 Å². The van der Waals surface area contributed by atoms with Crippen molar-refractivity contribution in [2.75, 3.05) is 0 Å². The molecule has 184 valence electrons. The molecule has 0 heterocycles. The van der Waals surface area contributed by atoms with E-state index in [4.69, 9.17) is 11.1 Å². The molecular weight excluding hydrogens is 494 g/mol. The van der Waals surface area contributed by atoms with Gasteiger partial charge in [0.15, 0.2) is 0 Å². The normalized spacial score (nSPS) is 16.1. The number of allylic oxidation sites excluding steroid dienone is 1. The number of hydrogen-bond donors (Lipinski definition) is 0. The van der Waals surface area contributed by atoms with E-state index >= 15 is 0 Å². The second kappa shape index (κ2) is 9.96. The molecule has 0 saturated heterocycles. The summed E-state index contributed by atoms with van der Waals surface area (Å²) in [5.41, 5.74) is 5.22. The van der Waals surface area contributed by atoms with Crippen molar-refractivity contribution in [1.29, 1.82) is 0 Å². The van der Waals surface area contributed by atoms with E-state index < -0.39 is 23.6 Å². The van der Waals surface area contributed by atoms with Crippen molar-refractivity contribution in [3.05, 3.63) is 39.7 Å². The third-order valence-corrected chi connectivity index (χ3v) is 24.2. The van der Waals surface area contributed by atoms with Gasteiger partial charge in [-0.25, -0.2) is 0 Å². The monoisotopic (exact) mass is 542 g/mol. The van der Waals surface area contributed by atoms with Crippen LogP contribution in [0.15, 0.2) is 34.1 Å². The molecular formula is C30H50ClGaSi. The summed E-state index contributed by atoms with van der Waals surface area (Å²) >= 11 is 5.75. The average molecular weight is 544 g/mol. The van der Waals surface area contributed by atoms with Crippen molar-refractivity contribution in [2.24, 2.45) is 10.8 Å². The molecule has 33 heavy (non-hydrogen) atoms. The van der Waals surface area contributed by atoms with Gasteiger partial charge in [-0.3, -0.25) is 0 Å². The van der Waals surface area contributed by atoms with E-state index in [0.29, 0.717) is 0 Å². The van der Waals surface area contributed by atoms with Gasteiger partial charge in [-0.1, -0.05) is 0 Å². The fourth-order valence-corrected chi connectivity index (χ4v) is 29.3. The van der Waals surface area contributed by atoms with Gasteiger partial charge in [-0.15, -0.1) is 0 Å². The fourth-order valence-electron chi connectivity index (χ4n) is 4.86. The van der Waals surface area contributed by atoms with Crippen LogP contribution in [0.4, 0.5) is 0 Å². The van der Waals surface area contributed by atoms with E-state index in [1.165, 1.54) is 10.8 Å². The van der Waals surface area contributed by atoms with Crippen LogP contribution in [0.3, 0.4) is 0 Å². The van der Waals surface area contributed by atoms with Crippen LogP contribution < -0.4 is 5.19 Å². The van der Waals surface area contributed by atoms with Crippen molar-refractivity contribution < 1.29 is 0 Å². The molecule has 0 radical (unpaired) electrons. The Balaban J connectivity index is 4.08. The molecule has 1 aromatic rings. The molecule has 0 aliphatic rings. The molecule has 1 rings (SSSR count). The Morgan fingerprint density at radius 2 is 1.18 bits per heavy atom. The van der Waals surface area contributed by atoms with Crippen LogP contribution in [0, 0.1) is 22.3 Å². The van der Waals surface area contributed by atoms with Gasteiger partial charge in [0, 0.05) is 0 Å². The predicted octanol–water partition coefficient (Wildman–Crippen LogP) is 9.11. The van der Waals surface area contributed by atoms with Crippen LogP contribution in [-0.4, -0.2) is 23.6 Å². The minimum atomic E-state index is -2.78. The van der Waals surface area contributed by atoms with Crippen molar-refractivity contribution in [3.63, 3.8) is 0 Å². The van der Waals surface area contributed by atoms with Crippen molar-refractivity contribution in [2.45, 2.75) is 117 Å². The summed E-state index contributed by atoms with van der Waals surface area (Å²) in [7, 11) is -2.78. The first kappa shape index (κ1) is 30.7.